The predicted molar refractivity (Wildman–Crippen MR) is 85.2 cm³/mol. The Balaban J connectivity index is 1.91. The minimum atomic E-state index is 0.902. The van der Waals surface area contributed by atoms with Gasteiger partial charge in [-0.3, -0.25) is 4.98 Å². The number of nitrogens with zero attached hydrogens (tertiary/aromatic N) is 2. The van der Waals surface area contributed by atoms with Crippen LogP contribution in [-0.4, -0.2) is 16.1 Å². The Morgan fingerprint density at radius 1 is 1.30 bits per heavy atom. The SMILES string of the molecule is CCCNCc1cn(Cc2cncs2)c2ccccc12. The van der Waals surface area contributed by atoms with Gasteiger partial charge in [-0.2, -0.15) is 0 Å². The summed E-state index contributed by atoms with van der Waals surface area (Å²) in [6.45, 7) is 5.09. The molecule has 0 unspecified atom stereocenters. The van der Waals surface area contributed by atoms with E-state index in [2.05, 4.69) is 52.3 Å². The van der Waals surface area contributed by atoms with Crippen molar-refractivity contribution in [3.63, 3.8) is 0 Å². The van der Waals surface area contributed by atoms with Crippen LogP contribution < -0.4 is 5.32 Å². The van der Waals surface area contributed by atoms with Gasteiger partial charge in [-0.25, -0.2) is 0 Å². The smallest absolute Gasteiger partial charge is 0.0794 e. The molecule has 0 aliphatic rings. The molecule has 2 aromatic heterocycles. The summed E-state index contributed by atoms with van der Waals surface area (Å²) in [5.41, 5.74) is 4.57. The molecule has 0 radical (unpaired) electrons. The average molecular weight is 285 g/mol. The molecule has 104 valence electrons. The number of hydrogen-bond donors (Lipinski definition) is 1. The standard InChI is InChI=1S/C16H19N3S/c1-2-7-17-8-13-10-19(11-14-9-18-12-20-14)16-6-4-3-5-15(13)16/h3-6,9-10,12,17H,2,7-8,11H2,1H3. The summed E-state index contributed by atoms with van der Waals surface area (Å²) < 4.78 is 2.33. The molecular formula is C16H19N3S. The van der Waals surface area contributed by atoms with Gasteiger partial charge >= 0.3 is 0 Å². The summed E-state index contributed by atoms with van der Waals surface area (Å²) >= 11 is 1.71. The normalized spacial score (nSPS) is 11.2. The number of para-hydroxylation sites is 1. The maximum absolute atomic E-state index is 4.16. The van der Waals surface area contributed by atoms with Gasteiger partial charge in [0.15, 0.2) is 0 Å². The molecule has 0 spiro atoms. The van der Waals surface area contributed by atoms with Crippen LogP contribution in [0.1, 0.15) is 23.8 Å². The molecule has 2 heterocycles. The lowest BCUT2D eigenvalue weighted by Crippen LogP contribution is -2.13. The highest BCUT2D eigenvalue weighted by molar-refractivity contribution is 7.09. The van der Waals surface area contributed by atoms with E-state index in [1.165, 1.54) is 27.8 Å². The lowest BCUT2D eigenvalue weighted by atomic mass is 10.2. The third kappa shape index (κ3) is 2.76. The summed E-state index contributed by atoms with van der Waals surface area (Å²) in [5, 5.41) is 4.84. The van der Waals surface area contributed by atoms with Gasteiger partial charge in [-0.1, -0.05) is 25.1 Å². The molecule has 3 aromatic rings. The lowest BCUT2D eigenvalue weighted by molar-refractivity contribution is 0.675. The topological polar surface area (TPSA) is 29.9 Å². The third-order valence-electron chi connectivity index (χ3n) is 3.42. The highest BCUT2D eigenvalue weighted by Crippen LogP contribution is 2.23. The second-order valence-electron chi connectivity index (χ2n) is 4.94. The fourth-order valence-corrected chi connectivity index (χ4v) is 3.07. The third-order valence-corrected chi connectivity index (χ3v) is 4.19. The van der Waals surface area contributed by atoms with Crippen LogP contribution in [0.5, 0.6) is 0 Å². The van der Waals surface area contributed by atoms with Crippen LogP contribution in [0.3, 0.4) is 0 Å². The molecular weight excluding hydrogens is 266 g/mol. The van der Waals surface area contributed by atoms with Gasteiger partial charge in [-0.05, 0) is 24.6 Å². The molecule has 3 nitrogen and oxygen atoms in total. The van der Waals surface area contributed by atoms with Crippen molar-refractivity contribution in [1.82, 2.24) is 14.9 Å². The predicted octanol–water partition coefficient (Wildman–Crippen LogP) is 3.65. The molecule has 4 heteroatoms. The minimum Gasteiger partial charge on any atom is -0.342 e. The summed E-state index contributed by atoms with van der Waals surface area (Å²) in [4.78, 5) is 5.45. The number of nitrogens with one attached hydrogen (secondary N) is 1. The van der Waals surface area contributed by atoms with Crippen molar-refractivity contribution in [2.75, 3.05) is 6.54 Å². The van der Waals surface area contributed by atoms with Crippen LogP contribution >= 0.6 is 11.3 Å². The number of thiazole rings is 1. The molecule has 0 fully saturated rings. The highest BCUT2D eigenvalue weighted by atomic mass is 32.1. The molecule has 1 N–H and O–H groups in total. The van der Waals surface area contributed by atoms with Crippen LogP contribution in [0, 0.1) is 0 Å². The van der Waals surface area contributed by atoms with Crippen LogP contribution in [0.15, 0.2) is 42.2 Å². The van der Waals surface area contributed by atoms with Crippen molar-refractivity contribution in [3.8, 4) is 0 Å². The van der Waals surface area contributed by atoms with E-state index in [4.69, 9.17) is 0 Å². The number of fused-ring (bicyclic) bond motifs is 1. The van der Waals surface area contributed by atoms with Crippen molar-refractivity contribution in [2.45, 2.75) is 26.4 Å². The lowest BCUT2D eigenvalue weighted by Gasteiger charge is -2.02. The van der Waals surface area contributed by atoms with Crippen LogP contribution in [0.2, 0.25) is 0 Å². The molecule has 1 aromatic carbocycles. The minimum absolute atomic E-state index is 0.902. The molecule has 0 bridgehead atoms. The Bertz CT molecular complexity index is 670. The van der Waals surface area contributed by atoms with Gasteiger partial charge in [-0.15, -0.1) is 11.3 Å². The first-order valence-electron chi connectivity index (χ1n) is 7.03. The molecule has 0 amide bonds. The first-order valence-corrected chi connectivity index (χ1v) is 7.91. The monoisotopic (exact) mass is 285 g/mol. The Morgan fingerprint density at radius 2 is 2.20 bits per heavy atom. The second kappa shape index (κ2) is 6.20. The zero-order chi connectivity index (χ0) is 13.8. The molecule has 0 aliphatic carbocycles. The largest absolute Gasteiger partial charge is 0.342 e. The van der Waals surface area contributed by atoms with Crippen molar-refractivity contribution in [1.29, 1.82) is 0 Å². The van der Waals surface area contributed by atoms with Gasteiger partial charge in [0.05, 0.1) is 12.1 Å². The molecule has 3 rings (SSSR count). The Labute approximate surface area is 123 Å². The second-order valence-corrected chi connectivity index (χ2v) is 5.91. The number of benzene rings is 1. The summed E-state index contributed by atoms with van der Waals surface area (Å²) in [6, 6.07) is 8.62. The van der Waals surface area contributed by atoms with E-state index in [-0.39, 0.29) is 0 Å². The quantitative estimate of drug-likeness (QED) is 0.701. The van der Waals surface area contributed by atoms with E-state index in [1.54, 1.807) is 11.3 Å². The van der Waals surface area contributed by atoms with E-state index in [0.29, 0.717) is 0 Å². The molecule has 0 atom stereocenters. The van der Waals surface area contributed by atoms with E-state index >= 15 is 0 Å². The molecule has 0 saturated heterocycles. The van der Waals surface area contributed by atoms with Crippen molar-refractivity contribution >= 4 is 22.2 Å². The number of aromatic nitrogens is 2. The van der Waals surface area contributed by atoms with E-state index in [9.17, 15) is 0 Å². The summed E-state index contributed by atoms with van der Waals surface area (Å²) in [7, 11) is 0. The van der Waals surface area contributed by atoms with Crippen molar-refractivity contribution < 1.29 is 0 Å². The first kappa shape index (κ1) is 13.3. The number of rotatable bonds is 6. The van der Waals surface area contributed by atoms with Gasteiger partial charge in [0.1, 0.15) is 0 Å². The fraction of sp³-hybridized carbons (Fsp3) is 0.312. The van der Waals surface area contributed by atoms with E-state index in [1.807, 2.05) is 11.7 Å². The highest BCUT2D eigenvalue weighted by Gasteiger charge is 2.08. The van der Waals surface area contributed by atoms with Crippen LogP contribution in [0.25, 0.3) is 10.9 Å². The maximum atomic E-state index is 4.16. The molecule has 0 saturated carbocycles. The Kier molecular flexibility index (Phi) is 4.14. The molecule has 0 aliphatic heterocycles. The van der Waals surface area contributed by atoms with Gasteiger partial charge < -0.3 is 9.88 Å². The van der Waals surface area contributed by atoms with Crippen molar-refractivity contribution in [3.05, 3.63) is 52.6 Å². The van der Waals surface area contributed by atoms with Gasteiger partial charge in [0.25, 0.3) is 0 Å². The van der Waals surface area contributed by atoms with Crippen LogP contribution in [-0.2, 0) is 13.1 Å². The average Bonchev–Trinajstić information content (AvgIpc) is 3.09. The van der Waals surface area contributed by atoms with E-state index < -0.39 is 0 Å². The number of hydrogen-bond acceptors (Lipinski definition) is 3. The fourth-order valence-electron chi connectivity index (χ4n) is 2.48. The zero-order valence-electron chi connectivity index (χ0n) is 11.7. The Hall–Kier alpha value is -1.65. The first-order chi connectivity index (χ1) is 9.88. The van der Waals surface area contributed by atoms with Gasteiger partial charge in [0, 0.05) is 34.7 Å². The van der Waals surface area contributed by atoms with Crippen molar-refractivity contribution in [2.24, 2.45) is 0 Å². The summed E-state index contributed by atoms with van der Waals surface area (Å²) in [5.74, 6) is 0. The maximum Gasteiger partial charge on any atom is 0.0794 e. The van der Waals surface area contributed by atoms with E-state index in [0.717, 1.165) is 19.6 Å². The van der Waals surface area contributed by atoms with Gasteiger partial charge in [0.2, 0.25) is 0 Å². The summed E-state index contributed by atoms with van der Waals surface area (Å²) in [6.07, 6.45) is 5.39. The molecule has 20 heavy (non-hydrogen) atoms. The Morgan fingerprint density at radius 3 is 3.00 bits per heavy atom. The van der Waals surface area contributed by atoms with Crippen LogP contribution in [0.4, 0.5) is 0 Å². The zero-order valence-corrected chi connectivity index (χ0v) is 12.5.